The lowest BCUT2D eigenvalue weighted by molar-refractivity contribution is -0.157. The second-order valence-electron chi connectivity index (χ2n) is 11.2. The van der Waals surface area contributed by atoms with Crippen LogP contribution >= 0.6 is 0 Å². The number of hydrogen-bond donors (Lipinski definition) is 4. The van der Waals surface area contributed by atoms with Crippen molar-refractivity contribution in [2.45, 2.75) is 94.2 Å². The van der Waals surface area contributed by atoms with Crippen LogP contribution in [0.5, 0.6) is 0 Å². The van der Waals surface area contributed by atoms with Gasteiger partial charge in [-0.25, -0.2) is 0 Å². The van der Waals surface area contributed by atoms with Crippen molar-refractivity contribution in [3.05, 3.63) is 0 Å². The molecule has 3 saturated heterocycles. The van der Waals surface area contributed by atoms with E-state index in [1.54, 1.807) is 0 Å². The minimum Gasteiger partial charge on any atom is -0.393 e. The number of fused-ring (bicyclic) bond motifs is 1. The van der Waals surface area contributed by atoms with Crippen molar-refractivity contribution in [2.24, 2.45) is 17.8 Å². The second kappa shape index (κ2) is 10.9. The molecule has 2 aliphatic carbocycles. The monoisotopic (exact) mass is 465 g/mol. The number of rotatable bonds is 6. The summed E-state index contributed by atoms with van der Waals surface area (Å²) in [5.41, 5.74) is 0. The van der Waals surface area contributed by atoms with E-state index in [0.29, 0.717) is 43.0 Å². The van der Waals surface area contributed by atoms with Gasteiger partial charge >= 0.3 is 0 Å². The first-order chi connectivity index (χ1) is 16.1. The van der Waals surface area contributed by atoms with E-state index in [4.69, 9.17) is 9.47 Å². The Bertz CT molecular complexity index is 654. The van der Waals surface area contributed by atoms with Crippen LogP contribution in [-0.2, 0) is 14.3 Å². The SMILES string of the molecule is O=C(C1C(O)CC(O)CC1OCC1CCCCN1)N1CC2CCCC(NC3CCOC3)C2C1. The summed E-state index contributed by atoms with van der Waals surface area (Å²) in [6, 6.07) is 1.17. The lowest BCUT2D eigenvalue weighted by Gasteiger charge is -2.39. The Kier molecular flexibility index (Phi) is 7.89. The molecule has 5 rings (SSSR count). The Balaban J connectivity index is 1.22. The summed E-state index contributed by atoms with van der Waals surface area (Å²) >= 11 is 0. The molecule has 5 aliphatic rings. The zero-order valence-corrected chi connectivity index (χ0v) is 19.9. The molecule has 9 atom stereocenters. The van der Waals surface area contributed by atoms with E-state index in [1.165, 1.54) is 25.7 Å². The zero-order chi connectivity index (χ0) is 22.8. The highest BCUT2D eigenvalue weighted by molar-refractivity contribution is 5.80. The Morgan fingerprint density at radius 1 is 1.09 bits per heavy atom. The predicted molar refractivity (Wildman–Crippen MR) is 124 cm³/mol. The topological polar surface area (TPSA) is 103 Å². The number of ether oxygens (including phenoxy) is 2. The van der Waals surface area contributed by atoms with Gasteiger partial charge in [0.05, 0.1) is 37.4 Å². The van der Waals surface area contributed by atoms with Gasteiger partial charge in [-0.15, -0.1) is 0 Å². The van der Waals surface area contributed by atoms with Crippen molar-refractivity contribution in [2.75, 3.05) is 39.5 Å². The summed E-state index contributed by atoms with van der Waals surface area (Å²) in [4.78, 5) is 15.7. The standard InChI is InChI=1S/C25H43N3O5/c29-19-10-22(30)24(23(11-19)33-15-17-5-1-2-8-26-17)25(31)28-12-16-4-3-6-21(20(16)13-28)27-18-7-9-32-14-18/h16-24,26-27,29-30H,1-15H2. The van der Waals surface area contributed by atoms with E-state index in [0.717, 1.165) is 52.1 Å². The first kappa shape index (κ1) is 23.9. The molecule has 0 aromatic heterocycles. The van der Waals surface area contributed by atoms with Crippen LogP contribution in [0, 0.1) is 17.8 Å². The molecule has 0 spiro atoms. The van der Waals surface area contributed by atoms with Crippen LogP contribution in [0.2, 0.25) is 0 Å². The van der Waals surface area contributed by atoms with Crippen molar-refractivity contribution in [3.8, 4) is 0 Å². The summed E-state index contributed by atoms with van der Waals surface area (Å²) in [6.45, 7) is 4.72. The van der Waals surface area contributed by atoms with Gasteiger partial charge in [-0.1, -0.05) is 12.8 Å². The number of hydrogen-bond acceptors (Lipinski definition) is 7. The third-order valence-electron chi connectivity index (χ3n) is 8.83. The normalized spacial score (nSPS) is 44.1. The molecule has 0 aromatic rings. The smallest absolute Gasteiger partial charge is 0.230 e. The van der Waals surface area contributed by atoms with Gasteiger partial charge in [-0.2, -0.15) is 0 Å². The van der Waals surface area contributed by atoms with Crippen molar-refractivity contribution < 1.29 is 24.5 Å². The largest absolute Gasteiger partial charge is 0.393 e. The molecule has 9 unspecified atom stereocenters. The summed E-state index contributed by atoms with van der Waals surface area (Å²) in [6.07, 6.45) is 6.86. The highest BCUT2D eigenvalue weighted by Gasteiger charge is 2.48. The van der Waals surface area contributed by atoms with E-state index in [2.05, 4.69) is 10.6 Å². The Morgan fingerprint density at radius 2 is 2.00 bits per heavy atom. The van der Waals surface area contributed by atoms with Gasteiger partial charge < -0.3 is 35.2 Å². The molecule has 8 nitrogen and oxygen atoms in total. The third-order valence-corrected chi connectivity index (χ3v) is 8.83. The molecule has 8 heteroatoms. The Hall–Kier alpha value is -0.770. The first-order valence-electron chi connectivity index (χ1n) is 13.4. The maximum atomic E-state index is 13.7. The van der Waals surface area contributed by atoms with E-state index in [9.17, 15) is 15.0 Å². The number of carbonyl (C=O) groups excluding carboxylic acids is 1. The molecule has 4 N–H and O–H groups in total. The van der Waals surface area contributed by atoms with Crippen LogP contribution in [0.3, 0.4) is 0 Å². The average molecular weight is 466 g/mol. The maximum Gasteiger partial charge on any atom is 0.230 e. The molecule has 3 heterocycles. The van der Waals surface area contributed by atoms with Crippen LogP contribution in [0.15, 0.2) is 0 Å². The molecule has 188 valence electrons. The molecule has 3 aliphatic heterocycles. The van der Waals surface area contributed by atoms with Gasteiger partial charge in [0.15, 0.2) is 0 Å². The lowest BCUT2D eigenvalue weighted by atomic mass is 9.78. The van der Waals surface area contributed by atoms with Crippen molar-refractivity contribution in [1.82, 2.24) is 15.5 Å². The van der Waals surface area contributed by atoms with Crippen LogP contribution < -0.4 is 10.6 Å². The molecule has 0 bridgehead atoms. The molecule has 0 aromatic carbocycles. The maximum absolute atomic E-state index is 13.7. The number of nitrogens with zero attached hydrogens (tertiary/aromatic N) is 1. The van der Waals surface area contributed by atoms with Gasteiger partial charge in [0.2, 0.25) is 5.91 Å². The van der Waals surface area contributed by atoms with Gasteiger partial charge in [0.1, 0.15) is 0 Å². The van der Waals surface area contributed by atoms with Gasteiger partial charge in [-0.3, -0.25) is 4.79 Å². The minimum atomic E-state index is -0.849. The number of aliphatic hydroxyl groups excluding tert-OH is 2. The second-order valence-corrected chi connectivity index (χ2v) is 11.2. The molecule has 33 heavy (non-hydrogen) atoms. The number of nitrogens with one attached hydrogen (secondary N) is 2. The van der Waals surface area contributed by atoms with Crippen LogP contribution in [0.4, 0.5) is 0 Å². The van der Waals surface area contributed by atoms with E-state index < -0.39 is 24.2 Å². The van der Waals surface area contributed by atoms with Crippen molar-refractivity contribution in [1.29, 1.82) is 0 Å². The van der Waals surface area contributed by atoms with E-state index in [-0.39, 0.29) is 12.3 Å². The summed E-state index contributed by atoms with van der Waals surface area (Å²) in [5.74, 6) is 0.445. The third kappa shape index (κ3) is 5.57. The van der Waals surface area contributed by atoms with Crippen LogP contribution in [0.25, 0.3) is 0 Å². The summed E-state index contributed by atoms with van der Waals surface area (Å²) < 4.78 is 11.8. The van der Waals surface area contributed by atoms with Gasteiger partial charge in [0, 0.05) is 50.7 Å². The predicted octanol–water partition coefficient (Wildman–Crippen LogP) is 0.651. The molecule has 5 fully saturated rings. The fourth-order valence-electron chi connectivity index (χ4n) is 7.02. The number of likely N-dealkylation sites (tertiary alicyclic amines) is 1. The van der Waals surface area contributed by atoms with Gasteiger partial charge in [-0.05, 0) is 50.5 Å². The fraction of sp³-hybridized carbons (Fsp3) is 0.960. The van der Waals surface area contributed by atoms with E-state index in [1.807, 2.05) is 4.90 Å². The quantitative estimate of drug-likeness (QED) is 0.457. The number of aliphatic hydroxyl groups is 2. The molecule has 0 radical (unpaired) electrons. The number of amides is 1. The number of carbonyl (C=O) groups is 1. The highest BCUT2D eigenvalue weighted by Crippen LogP contribution is 2.39. The van der Waals surface area contributed by atoms with E-state index >= 15 is 0 Å². The minimum absolute atomic E-state index is 0.0216. The molecule has 2 saturated carbocycles. The average Bonchev–Trinajstić information content (AvgIpc) is 3.48. The summed E-state index contributed by atoms with van der Waals surface area (Å²) in [7, 11) is 0. The van der Waals surface area contributed by atoms with Crippen LogP contribution in [-0.4, -0.2) is 96.9 Å². The van der Waals surface area contributed by atoms with Crippen molar-refractivity contribution in [3.63, 3.8) is 0 Å². The molecular formula is C25H43N3O5. The Labute approximate surface area is 197 Å². The zero-order valence-electron chi connectivity index (χ0n) is 19.9. The summed E-state index contributed by atoms with van der Waals surface area (Å²) in [5, 5.41) is 28.5. The number of piperidine rings is 1. The molecular weight excluding hydrogens is 422 g/mol. The molecule has 1 amide bonds. The Morgan fingerprint density at radius 3 is 2.79 bits per heavy atom. The van der Waals surface area contributed by atoms with Crippen molar-refractivity contribution >= 4 is 5.91 Å². The lowest BCUT2D eigenvalue weighted by Crippen LogP contribution is -2.53. The fourth-order valence-corrected chi connectivity index (χ4v) is 7.02. The first-order valence-corrected chi connectivity index (χ1v) is 13.4. The highest BCUT2D eigenvalue weighted by atomic mass is 16.5. The van der Waals surface area contributed by atoms with Crippen LogP contribution in [0.1, 0.15) is 57.8 Å². The van der Waals surface area contributed by atoms with Gasteiger partial charge in [0.25, 0.3) is 0 Å².